The van der Waals surface area contributed by atoms with E-state index in [1.807, 2.05) is 13.8 Å². The highest BCUT2D eigenvalue weighted by atomic mass is 32.2. The van der Waals surface area contributed by atoms with Crippen molar-refractivity contribution in [1.29, 1.82) is 0 Å². The van der Waals surface area contributed by atoms with E-state index in [1.165, 1.54) is 12.1 Å². The molecule has 20 nitrogen and oxygen atoms in total. The average molecular weight is 979 g/mol. The van der Waals surface area contributed by atoms with Gasteiger partial charge < -0.3 is 50.6 Å². The summed E-state index contributed by atoms with van der Waals surface area (Å²) < 4.78 is 42.6. The minimum Gasteiger partial charge on any atom is -0.480 e. The third-order valence-corrected chi connectivity index (χ3v) is 13.1. The Morgan fingerprint density at radius 2 is 1.03 bits per heavy atom. The van der Waals surface area contributed by atoms with Crippen molar-refractivity contribution in [2.75, 3.05) is 42.1 Å². The summed E-state index contributed by atoms with van der Waals surface area (Å²) in [6.07, 6.45) is 0. The van der Waals surface area contributed by atoms with Gasteiger partial charge in [-0.05, 0) is 130 Å². The zero-order chi connectivity index (χ0) is 51.7. The van der Waals surface area contributed by atoms with Gasteiger partial charge in [0.15, 0.2) is 0 Å². The molecule has 4 aromatic carbocycles. The molecule has 0 bridgehead atoms. The molecular weight excluding hydrogens is 929 g/mol. The van der Waals surface area contributed by atoms with E-state index < -0.39 is 72.2 Å². The molecule has 1 aliphatic carbocycles. The summed E-state index contributed by atoms with van der Waals surface area (Å²) in [5.74, 6) is -5.25. The van der Waals surface area contributed by atoms with E-state index in [0.717, 1.165) is 0 Å². The molecule has 70 heavy (non-hydrogen) atoms. The molecule has 8 N–H and O–H groups in total. The summed E-state index contributed by atoms with van der Waals surface area (Å²) >= 11 is 0. The lowest BCUT2D eigenvalue weighted by Gasteiger charge is -2.25. The van der Waals surface area contributed by atoms with Crippen molar-refractivity contribution in [2.24, 2.45) is 4.99 Å². The van der Waals surface area contributed by atoms with Gasteiger partial charge in [0.05, 0.1) is 11.0 Å². The Morgan fingerprint density at radius 3 is 1.50 bits per heavy atom. The highest BCUT2D eigenvalue weighted by Crippen LogP contribution is 2.44. The monoisotopic (exact) mass is 978 g/mol. The van der Waals surface area contributed by atoms with Crippen LogP contribution in [0.15, 0.2) is 75.0 Å². The van der Waals surface area contributed by atoms with E-state index in [-0.39, 0.29) is 16.2 Å². The molecule has 21 heteroatoms. The number of carboxylic acids is 4. The van der Waals surface area contributed by atoms with Gasteiger partial charge in [-0.25, -0.2) is 14.6 Å². The maximum atomic E-state index is 13.2. The number of amides is 4. The van der Waals surface area contributed by atoms with Gasteiger partial charge in [-0.15, -0.1) is 0 Å². The summed E-state index contributed by atoms with van der Waals surface area (Å²) in [6, 6.07) is 14.5. The van der Waals surface area contributed by atoms with Gasteiger partial charge in [-0.3, -0.25) is 23.7 Å². The molecule has 0 unspecified atom stereocenters. The number of anilines is 4. The summed E-state index contributed by atoms with van der Waals surface area (Å²) in [7, 11) is -4.73. The van der Waals surface area contributed by atoms with Gasteiger partial charge in [0, 0.05) is 57.0 Å². The molecular formula is C49H50N6O14S. The number of carbonyl (C=O) groups excluding carboxylic acids is 2. The zero-order valence-electron chi connectivity index (χ0n) is 39.3. The molecule has 1 heterocycles. The molecule has 0 fully saturated rings. The van der Waals surface area contributed by atoms with Gasteiger partial charge in [0.25, 0.3) is 10.1 Å². The van der Waals surface area contributed by atoms with Gasteiger partial charge in [-0.2, -0.15) is 8.42 Å². The molecule has 4 amide bonds. The molecule has 366 valence electrons. The van der Waals surface area contributed by atoms with Crippen molar-refractivity contribution in [2.45, 2.75) is 60.3 Å². The maximum Gasteiger partial charge on any atom is 0.323 e. The highest BCUT2D eigenvalue weighted by molar-refractivity contribution is 7.86. The number of hydrogen-bond donors (Lipinski definition) is 8. The molecule has 6 rings (SSSR count). The zero-order valence-corrected chi connectivity index (χ0v) is 40.1. The molecule has 4 aromatic rings. The van der Waals surface area contributed by atoms with Crippen LogP contribution in [0.4, 0.5) is 38.0 Å². The second-order valence-electron chi connectivity index (χ2n) is 16.7. The number of nitrogens with one attached hydrogen (secondary N) is 3. The first-order valence-electron chi connectivity index (χ1n) is 21.4. The molecule has 0 aromatic heterocycles. The van der Waals surface area contributed by atoms with E-state index in [2.05, 4.69) is 16.0 Å². The standard InChI is InChI=1S/C49H50N6O14S/c1-23-27(5)46(52-48(64)54(19-39(56)57)20-40(58)59)28(6)24(2)44(23)50-31-13-15-33-36(17-31)69-37-18-32(14-16-34(37)43(33)35-11-9-10-12-38(35)70(66,67)68)51-45-25(3)29(7)47(30(8)26(45)4)53-49(65)55(21-41(60)61)22-42(62)63/h9-18,50H,19-22H2,1-8H3,(H,52,64)(H,53,65)(H,56,57)(H,58,59)(H,60,61)(H,62,63)(H,66,67,68). The molecule has 0 radical (unpaired) electrons. The normalized spacial score (nSPS) is 11.6. The average Bonchev–Trinajstić information content (AvgIpc) is 3.28. The minimum atomic E-state index is -4.73. The van der Waals surface area contributed by atoms with E-state index in [9.17, 15) is 62.2 Å². The van der Waals surface area contributed by atoms with E-state index >= 15 is 0 Å². The Labute approximate surface area is 401 Å². The lowest BCUT2D eigenvalue weighted by molar-refractivity contribution is -0.142. The van der Waals surface area contributed by atoms with Crippen LogP contribution in [0.25, 0.3) is 33.4 Å². The number of carbonyl (C=O) groups is 6. The Kier molecular flexibility index (Phi) is 14.7. The third kappa shape index (κ3) is 10.7. The summed E-state index contributed by atoms with van der Waals surface area (Å²) in [4.78, 5) is 77.9. The van der Waals surface area contributed by atoms with Crippen molar-refractivity contribution < 1.29 is 66.6 Å². The van der Waals surface area contributed by atoms with Crippen LogP contribution < -0.4 is 21.3 Å². The Morgan fingerprint density at radius 1 is 0.571 bits per heavy atom. The molecule has 0 atom stereocenters. The molecule has 0 saturated heterocycles. The van der Waals surface area contributed by atoms with Crippen LogP contribution in [-0.4, -0.2) is 105 Å². The van der Waals surface area contributed by atoms with Crippen LogP contribution in [-0.2, 0) is 29.3 Å². The Balaban J connectivity index is 1.48. The van der Waals surface area contributed by atoms with Crippen LogP contribution in [0.1, 0.15) is 44.5 Å². The van der Waals surface area contributed by atoms with Crippen molar-refractivity contribution in [3.63, 3.8) is 0 Å². The second-order valence-corrected chi connectivity index (χ2v) is 18.1. The second kappa shape index (κ2) is 20.1. The fourth-order valence-corrected chi connectivity index (χ4v) is 8.95. The lowest BCUT2D eigenvalue weighted by atomic mass is 9.93. The number of aliphatic carboxylic acids is 4. The number of nitrogens with zero attached hydrogens (tertiary/aromatic N) is 3. The molecule has 1 aliphatic heterocycles. The number of urea groups is 2. The van der Waals surface area contributed by atoms with Crippen LogP contribution in [0.3, 0.4) is 0 Å². The first-order chi connectivity index (χ1) is 32.8. The number of carboxylic acid groups (broad SMARTS) is 4. The first-order valence-corrected chi connectivity index (χ1v) is 22.8. The summed E-state index contributed by atoms with van der Waals surface area (Å²) in [5, 5.41) is 46.9. The van der Waals surface area contributed by atoms with Crippen LogP contribution >= 0.6 is 0 Å². The smallest absolute Gasteiger partial charge is 0.323 e. The minimum absolute atomic E-state index is 0.197. The topological polar surface area (TPSA) is 306 Å². The van der Waals surface area contributed by atoms with Crippen molar-refractivity contribution in [3.8, 4) is 22.5 Å². The SMILES string of the molecule is Cc1c(C)c(NC(=O)N(CC(=O)O)CC(=O)O)c(C)c(C)c1N=c1ccc2c(-c3ccccc3S(=O)(=O)O)c3ccc(Nc4c(C)c(C)c(NC(=O)N(CC(=O)O)CC(=O)O)c(C)c4C)cc3oc-2c1. The van der Waals surface area contributed by atoms with Crippen molar-refractivity contribution in [1.82, 2.24) is 9.80 Å². The fraction of sp³-hybridized carbons (Fsp3) is 0.245. The quantitative estimate of drug-likeness (QED) is 0.0358. The van der Waals surface area contributed by atoms with Gasteiger partial charge in [0.1, 0.15) is 42.4 Å². The van der Waals surface area contributed by atoms with Crippen LogP contribution in [0.2, 0.25) is 0 Å². The summed E-state index contributed by atoms with van der Waals surface area (Å²) in [6.45, 7) is 10.9. The molecule has 0 spiro atoms. The van der Waals surface area contributed by atoms with E-state index in [1.54, 1.807) is 90.1 Å². The first kappa shape index (κ1) is 51.1. The maximum absolute atomic E-state index is 13.2. The van der Waals surface area contributed by atoms with Gasteiger partial charge >= 0.3 is 35.9 Å². The Hall–Kier alpha value is -8.30. The van der Waals surface area contributed by atoms with E-state index in [0.29, 0.717) is 110 Å². The van der Waals surface area contributed by atoms with Gasteiger partial charge in [0.2, 0.25) is 0 Å². The predicted octanol–water partition coefficient (Wildman–Crippen LogP) is 7.90. The van der Waals surface area contributed by atoms with Crippen LogP contribution in [0, 0.1) is 55.4 Å². The number of fused-ring (bicyclic) bond motifs is 2. The Bertz CT molecular complexity index is 3250. The largest absolute Gasteiger partial charge is 0.480 e. The van der Waals surface area contributed by atoms with Crippen molar-refractivity contribution >= 4 is 85.5 Å². The van der Waals surface area contributed by atoms with Crippen molar-refractivity contribution in [3.05, 3.63) is 111 Å². The summed E-state index contributed by atoms with van der Waals surface area (Å²) in [5.41, 5.74) is 9.05. The number of hydrogen-bond acceptors (Lipinski definition) is 11. The number of rotatable bonds is 15. The number of benzene rings is 5. The lowest BCUT2D eigenvalue weighted by Crippen LogP contribution is -2.42. The van der Waals surface area contributed by atoms with Crippen LogP contribution in [0.5, 0.6) is 0 Å². The fourth-order valence-electron chi connectivity index (χ4n) is 8.25. The van der Waals surface area contributed by atoms with E-state index in [4.69, 9.17) is 9.41 Å². The highest BCUT2D eigenvalue weighted by Gasteiger charge is 2.27. The van der Waals surface area contributed by atoms with Gasteiger partial charge in [-0.1, -0.05) is 18.2 Å². The molecule has 2 aliphatic rings. The molecule has 0 saturated carbocycles. The predicted molar refractivity (Wildman–Crippen MR) is 259 cm³/mol. The third-order valence-electron chi connectivity index (χ3n) is 12.2.